The normalized spacial score (nSPS) is 32.2. The van der Waals surface area contributed by atoms with E-state index in [4.69, 9.17) is 14.2 Å². The van der Waals surface area contributed by atoms with Crippen LogP contribution in [0.25, 0.3) is 0 Å². The van der Waals surface area contributed by atoms with Gasteiger partial charge in [-0.3, -0.25) is 0 Å². The van der Waals surface area contributed by atoms with Gasteiger partial charge in [-0.2, -0.15) is 0 Å². The minimum atomic E-state index is -0.710. The minimum Gasteiger partial charge on any atom is -0.504 e. The monoisotopic (exact) mass is 404 g/mol. The van der Waals surface area contributed by atoms with E-state index < -0.39 is 18.2 Å². The summed E-state index contributed by atoms with van der Waals surface area (Å²) in [6.45, 7) is 8.13. The van der Waals surface area contributed by atoms with Gasteiger partial charge in [-0.15, -0.1) is 0 Å². The number of rotatable bonds is 4. The van der Waals surface area contributed by atoms with Crippen molar-refractivity contribution >= 4 is 5.97 Å². The van der Waals surface area contributed by atoms with Gasteiger partial charge in [0.2, 0.25) is 0 Å². The van der Waals surface area contributed by atoms with Crippen molar-refractivity contribution < 1.29 is 29.2 Å². The maximum Gasteiger partial charge on any atom is 0.338 e. The Bertz CT molecular complexity index is 786. The van der Waals surface area contributed by atoms with E-state index in [0.717, 1.165) is 18.4 Å². The third-order valence-electron chi connectivity index (χ3n) is 6.17. The van der Waals surface area contributed by atoms with Crippen LogP contribution in [0.15, 0.2) is 29.8 Å². The molecular weight excluding hydrogens is 372 g/mol. The van der Waals surface area contributed by atoms with Gasteiger partial charge in [0.05, 0.1) is 24.4 Å². The molecule has 0 spiro atoms. The predicted molar refractivity (Wildman–Crippen MR) is 109 cm³/mol. The molecule has 1 fully saturated rings. The molecular formula is C23H32O6. The summed E-state index contributed by atoms with van der Waals surface area (Å²) in [5.41, 5.74) is 1.11. The molecule has 1 heterocycles. The summed E-state index contributed by atoms with van der Waals surface area (Å²) >= 11 is 0. The van der Waals surface area contributed by atoms with Crippen molar-refractivity contribution in [3.8, 4) is 11.5 Å². The van der Waals surface area contributed by atoms with Crippen molar-refractivity contribution in [3.63, 3.8) is 0 Å². The molecule has 0 bridgehead atoms. The van der Waals surface area contributed by atoms with Crippen molar-refractivity contribution in [2.45, 2.75) is 70.9 Å². The summed E-state index contributed by atoms with van der Waals surface area (Å²) in [7, 11) is 1.43. The maximum absolute atomic E-state index is 12.9. The number of hydrogen-bond acceptors (Lipinski definition) is 6. The van der Waals surface area contributed by atoms with Crippen molar-refractivity contribution in [2.75, 3.05) is 7.11 Å². The number of carbonyl (C=O) groups excluding carboxylic acids is 1. The van der Waals surface area contributed by atoms with Crippen LogP contribution in [0.3, 0.4) is 0 Å². The summed E-state index contributed by atoms with van der Waals surface area (Å²) < 4.78 is 16.9. The van der Waals surface area contributed by atoms with Crippen LogP contribution in [0.2, 0.25) is 0 Å². The summed E-state index contributed by atoms with van der Waals surface area (Å²) in [5.74, 6) is -0.495. The molecule has 2 N–H and O–H groups in total. The highest BCUT2D eigenvalue weighted by Crippen LogP contribution is 2.47. The lowest BCUT2D eigenvalue weighted by Crippen LogP contribution is -2.43. The highest BCUT2D eigenvalue weighted by atomic mass is 16.6. The summed E-state index contributed by atoms with van der Waals surface area (Å²) in [5, 5.41) is 20.9. The van der Waals surface area contributed by atoms with Crippen LogP contribution in [-0.4, -0.2) is 47.2 Å². The molecule has 3 rings (SSSR count). The van der Waals surface area contributed by atoms with Crippen LogP contribution in [0.4, 0.5) is 0 Å². The maximum atomic E-state index is 12.9. The topological polar surface area (TPSA) is 88.5 Å². The third kappa shape index (κ3) is 4.59. The SMILES string of the molecule is COc1cc(C(=O)OC2CC(C)=CCCC3(C)OC3C(O)C2C(C)C)ccc1O. The molecule has 0 aromatic heterocycles. The number of carbonyl (C=O) groups is 1. The number of methoxy groups -OCH3 is 1. The number of ether oxygens (including phenoxy) is 3. The Balaban J connectivity index is 1.88. The average molecular weight is 405 g/mol. The minimum absolute atomic E-state index is 0.0397. The van der Waals surface area contributed by atoms with Gasteiger partial charge in [-0.05, 0) is 50.8 Å². The van der Waals surface area contributed by atoms with Crippen molar-refractivity contribution in [2.24, 2.45) is 11.8 Å². The van der Waals surface area contributed by atoms with E-state index in [1.165, 1.54) is 25.3 Å². The Labute approximate surface area is 172 Å². The number of allylic oxidation sites excluding steroid dienone is 1. The van der Waals surface area contributed by atoms with E-state index in [0.29, 0.717) is 12.0 Å². The van der Waals surface area contributed by atoms with Crippen LogP contribution < -0.4 is 4.74 Å². The fraction of sp³-hybridized carbons (Fsp3) is 0.609. The Morgan fingerprint density at radius 1 is 1.34 bits per heavy atom. The first-order valence-corrected chi connectivity index (χ1v) is 10.3. The van der Waals surface area contributed by atoms with Crippen molar-refractivity contribution in [1.82, 2.24) is 0 Å². The first kappa shape index (κ1) is 21.7. The van der Waals surface area contributed by atoms with Crippen LogP contribution in [0.5, 0.6) is 11.5 Å². The highest BCUT2D eigenvalue weighted by Gasteiger charge is 2.58. The van der Waals surface area contributed by atoms with Crippen LogP contribution in [0, 0.1) is 11.8 Å². The lowest BCUT2D eigenvalue weighted by atomic mass is 9.78. The second-order valence-electron chi connectivity index (χ2n) is 8.79. The Kier molecular flexibility index (Phi) is 6.24. The van der Waals surface area contributed by atoms with E-state index in [2.05, 4.69) is 6.08 Å². The number of aromatic hydroxyl groups is 1. The number of phenols is 1. The van der Waals surface area contributed by atoms with Gasteiger partial charge in [-0.25, -0.2) is 4.79 Å². The summed E-state index contributed by atoms with van der Waals surface area (Å²) in [6.07, 6.45) is 3.03. The predicted octanol–water partition coefficient (Wildman–Crippen LogP) is 3.85. The van der Waals surface area contributed by atoms with Gasteiger partial charge in [0.25, 0.3) is 0 Å². The number of aliphatic hydroxyl groups excluding tert-OH is 1. The average Bonchev–Trinajstić information content (AvgIpc) is 3.32. The number of aliphatic hydroxyl groups is 1. The Morgan fingerprint density at radius 3 is 2.72 bits per heavy atom. The van der Waals surface area contributed by atoms with E-state index >= 15 is 0 Å². The molecule has 0 radical (unpaired) electrons. The van der Waals surface area contributed by atoms with Crippen molar-refractivity contribution in [3.05, 3.63) is 35.4 Å². The second kappa shape index (κ2) is 8.36. The lowest BCUT2D eigenvalue weighted by Gasteiger charge is -2.34. The van der Waals surface area contributed by atoms with Crippen LogP contribution >= 0.6 is 0 Å². The zero-order chi connectivity index (χ0) is 21.3. The number of epoxide rings is 1. The molecule has 6 nitrogen and oxygen atoms in total. The van der Waals surface area contributed by atoms with Gasteiger partial charge in [0.15, 0.2) is 11.5 Å². The van der Waals surface area contributed by atoms with E-state index in [1.807, 2.05) is 27.7 Å². The highest BCUT2D eigenvalue weighted by molar-refractivity contribution is 5.90. The first-order valence-electron chi connectivity index (χ1n) is 10.3. The number of hydrogen-bond donors (Lipinski definition) is 2. The van der Waals surface area contributed by atoms with E-state index in [9.17, 15) is 15.0 Å². The molecule has 1 aromatic rings. The summed E-state index contributed by atoms with van der Waals surface area (Å²) in [6, 6.07) is 4.37. The number of fused-ring (bicyclic) bond motifs is 1. The molecule has 5 atom stereocenters. The molecule has 29 heavy (non-hydrogen) atoms. The summed E-state index contributed by atoms with van der Waals surface area (Å²) in [4.78, 5) is 12.9. The quantitative estimate of drug-likeness (QED) is 0.450. The van der Waals surface area contributed by atoms with Crippen LogP contribution in [0.1, 0.15) is 57.3 Å². The Morgan fingerprint density at radius 2 is 2.07 bits per heavy atom. The van der Waals surface area contributed by atoms with Gasteiger partial charge in [-0.1, -0.05) is 25.5 Å². The van der Waals surface area contributed by atoms with Gasteiger partial charge < -0.3 is 24.4 Å². The van der Waals surface area contributed by atoms with Crippen LogP contribution in [-0.2, 0) is 9.47 Å². The zero-order valence-corrected chi connectivity index (χ0v) is 17.8. The molecule has 6 heteroatoms. The zero-order valence-electron chi connectivity index (χ0n) is 17.8. The fourth-order valence-electron chi connectivity index (χ4n) is 4.41. The molecule has 160 valence electrons. The molecule has 1 aromatic carbocycles. The molecule has 5 unspecified atom stereocenters. The molecule has 2 aliphatic rings. The lowest BCUT2D eigenvalue weighted by molar-refractivity contribution is -0.0419. The molecule has 0 saturated carbocycles. The van der Waals surface area contributed by atoms with Gasteiger partial charge in [0.1, 0.15) is 12.2 Å². The molecule has 0 amide bonds. The van der Waals surface area contributed by atoms with E-state index in [1.54, 1.807) is 0 Å². The largest absolute Gasteiger partial charge is 0.504 e. The number of benzene rings is 1. The standard InChI is InChI=1S/C23H32O6/c1-13(2)19-18(28-22(26)15-8-9-16(24)17(12-15)27-5)11-14(3)7-6-10-23(4)21(29-23)20(19)25/h7-9,12-13,18-21,24-25H,6,10-11H2,1-5H3. The van der Waals surface area contributed by atoms with Crippen molar-refractivity contribution in [1.29, 1.82) is 0 Å². The number of esters is 1. The van der Waals surface area contributed by atoms with Gasteiger partial charge in [0, 0.05) is 12.3 Å². The fourth-order valence-corrected chi connectivity index (χ4v) is 4.41. The molecule has 1 aliphatic carbocycles. The Hall–Kier alpha value is -2.05. The molecule has 1 aliphatic heterocycles. The number of phenolic OH excluding ortho intramolecular Hbond substituents is 1. The smallest absolute Gasteiger partial charge is 0.338 e. The third-order valence-corrected chi connectivity index (χ3v) is 6.17. The van der Waals surface area contributed by atoms with E-state index in [-0.39, 0.29) is 35.0 Å². The molecule has 1 saturated heterocycles. The first-order chi connectivity index (χ1) is 13.7. The second-order valence-corrected chi connectivity index (χ2v) is 8.79. The van der Waals surface area contributed by atoms with Gasteiger partial charge >= 0.3 is 5.97 Å².